The molecule has 142 valence electrons. The summed E-state index contributed by atoms with van der Waals surface area (Å²) in [6, 6.07) is 15.8. The minimum Gasteiger partial charge on any atom is -0.352 e. The smallest absolute Gasteiger partial charge is 0.274 e. The lowest BCUT2D eigenvalue weighted by Crippen LogP contribution is -2.50. The van der Waals surface area contributed by atoms with Crippen LogP contribution in [0.2, 0.25) is 0 Å². The number of carbonyl (C=O) groups is 2. The highest BCUT2D eigenvalue weighted by Crippen LogP contribution is 2.11. The molecule has 1 fully saturated rings. The SMILES string of the molecule is O=C(CCCC(=O)N1CCN(c2cccc[nH+]2)CC1)NCc1ccccc1. The molecule has 3 rings (SSSR count). The van der Waals surface area contributed by atoms with Gasteiger partial charge in [-0.3, -0.25) is 14.5 Å². The molecular formula is C21H27N4O2+. The molecule has 0 saturated carbocycles. The van der Waals surface area contributed by atoms with Crippen LogP contribution < -0.4 is 15.2 Å². The minimum absolute atomic E-state index is 0.00362. The normalized spacial score (nSPS) is 14.1. The number of amides is 2. The van der Waals surface area contributed by atoms with Gasteiger partial charge < -0.3 is 10.2 Å². The zero-order valence-electron chi connectivity index (χ0n) is 15.6. The van der Waals surface area contributed by atoms with Crippen LogP contribution in [-0.2, 0) is 16.1 Å². The zero-order chi connectivity index (χ0) is 18.9. The van der Waals surface area contributed by atoms with E-state index in [1.54, 1.807) is 0 Å². The quantitative estimate of drug-likeness (QED) is 0.809. The molecule has 6 nitrogen and oxygen atoms in total. The molecule has 0 radical (unpaired) electrons. The van der Waals surface area contributed by atoms with Crippen LogP contribution in [0.4, 0.5) is 5.82 Å². The van der Waals surface area contributed by atoms with E-state index in [-0.39, 0.29) is 11.8 Å². The zero-order valence-corrected chi connectivity index (χ0v) is 15.6. The number of piperazine rings is 1. The molecule has 0 spiro atoms. The topological polar surface area (TPSA) is 66.8 Å². The molecular weight excluding hydrogens is 340 g/mol. The minimum atomic E-state index is -0.00362. The Morgan fingerprint density at radius 3 is 2.37 bits per heavy atom. The van der Waals surface area contributed by atoms with Gasteiger partial charge in [0.1, 0.15) is 13.1 Å². The van der Waals surface area contributed by atoms with Crippen molar-refractivity contribution in [3.63, 3.8) is 0 Å². The van der Waals surface area contributed by atoms with Crippen LogP contribution in [0, 0.1) is 0 Å². The molecule has 27 heavy (non-hydrogen) atoms. The van der Waals surface area contributed by atoms with Crippen molar-refractivity contribution in [2.45, 2.75) is 25.8 Å². The highest BCUT2D eigenvalue weighted by atomic mass is 16.2. The molecule has 0 bridgehead atoms. The molecule has 0 aliphatic carbocycles. The van der Waals surface area contributed by atoms with Crippen molar-refractivity contribution in [1.82, 2.24) is 10.2 Å². The van der Waals surface area contributed by atoms with Gasteiger partial charge in [0.05, 0.1) is 19.3 Å². The number of hydrogen-bond acceptors (Lipinski definition) is 3. The standard InChI is InChI=1S/C21H26N4O2/c26-20(23-17-18-7-2-1-3-8-18)10-6-11-21(27)25-15-13-24(14-16-25)19-9-4-5-12-22-19/h1-5,7-9,12H,6,10-11,13-17H2,(H,23,26)/p+1. The van der Waals surface area contributed by atoms with Gasteiger partial charge in [-0.1, -0.05) is 36.4 Å². The van der Waals surface area contributed by atoms with Crippen LogP contribution >= 0.6 is 0 Å². The Labute approximate surface area is 160 Å². The van der Waals surface area contributed by atoms with E-state index in [2.05, 4.69) is 15.2 Å². The number of nitrogens with zero attached hydrogens (tertiary/aromatic N) is 2. The van der Waals surface area contributed by atoms with Gasteiger partial charge in [-0.25, -0.2) is 4.98 Å². The lowest BCUT2D eigenvalue weighted by Gasteiger charge is -2.31. The van der Waals surface area contributed by atoms with Crippen molar-refractivity contribution in [2.75, 3.05) is 31.1 Å². The lowest BCUT2D eigenvalue weighted by molar-refractivity contribution is -0.364. The summed E-state index contributed by atoms with van der Waals surface area (Å²) in [4.78, 5) is 31.7. The number of pyridine rings is 1. The molecule has 2 amide bonds. The molecule has 1 aromatic heterocycles. The Morgan fingerprint density at radius 1 is 0.926 bits per heavy atom. The number of rotatable bonds is 7. The van der Waals surface area contributed by atoms with E-state index < -0.39 is 0 Å². The third-order valence-electron chi connectivity index (χ3n) is 4.79. The maximum atomic E-state index is 12.4. The van der Waals surface area contributed by atoms with Crippen LogP contribution in [0.25, 0.3) is 0 Å². The summed E-state index contributed by atoms with van der Waals surface area (Å²) in [6.07, 6.45) is 3.32. The van der Waals surface area contributed by atoms with E-state index in [1.807, 2.05) is 59.6 Å². The molecule has 1 aliphatic heterocycles. The summed E-state index contributed by atoms with van der Waals surface area (Å²) < 4.78 is 0. The first-order valence-electron chi connectivity index (χ1n) is 9.52. The predicted molar refractivity (Wildman–Crippen MR) is 104 cm³/mol. The van der Waals surface area contributed by atoms with E-state index >= 15 is 0 Å². The molecule has 2 N–H and O–H groups in total. The highest BCUT2D eigenvalue weighted by molar-refractivity contribution is 5.79. The summed E-state index contributed by atoms with van der Waals surface area (Å²) in [7, 11) is 0. The summed E-state index contributed by atoms with van der Waals surface area (Å²) in [5.74, 6) is 1.22. The molecule has 2 heterocycles. The number of hydrogen-bond donors (Lipinski definition) is 1. The van der Waals surface area contributed by atoms with E-state index in [0.29, 0.717) is 25.8 Å². The maximum absolute atomic E-state index is 12.4. The van der Waals surface area contributed by atoms with Crippen molar-refractivity contribution in [1.29, 1.82) is 0 Å². The predicted octanol–water partition coefficient (Wildman–Crippen LogP) is 1.64. The number of carbonyl (C=O) groups excluding carboxylic acids is 2. The van der Waals surface area contributed by atoms with Gasteiger partial charge >= 0.3 is 0 Å². The van der Waals surface area contributed by atoms with Crippen molar-refractivity contribution in [2.24, 2.45) is 0 Å². The first kappa shape index (κ1) is 18.9. The number of H-pyrrole nitrogens is 1. The van der Waals surface area contributed by atoms with Crippen LogP contribution in [0.3, 0.4) is 0 Å². The van der Waals surface area contributed by atoms with Crippen LogP contribution in [0.5, 0.6) is 0 Å². The Hall–Kier alpha value is -2.89. The fourth-order valence-corrected chi connectivity index (χ4v) is 3.22. The van der Waals surface area contributed by atoms with Gasteiger partial charge in [0.2, 0.25) is 11.8 Å². The Balaban J connectivity index is 1.32. The number of benzene rings is 1. The summed E-state index contributed by atoms with van der Waals surface area (Å²) in [6.45, 7) is 3.63. The fourth-order valence-electron chi connectivity index (χ4n) is 3.22. The molecule has 2 aromatic rings. The summed E-state index contributed by atoms with van der Waals surface area (Å²) in [5.41, 5.74) is 1.08. The van der Waals surface area contributed by atoms with Crippen molar-refractivity contribution < 1.29 is 14.6 Å². The second-order valence-corrected chi connectivity index (χ2v) is 6.73. The van der Waals surface area contributed by atoms with Gasteiger partial charge in [0, 0.05) is 25.5 Å². The lowest BCUT2D eigenvalue weighted by atomic mass is 10.2. The molecule has 0 unspecified atom stereocenters. The second-order valence-electron chi connectivity index (χ2n) is 6.73. The largest absolute Gasteiger partial charge is 0.352 e. The average Bonchev–Trinajstić information content (AvgIpc) is 2.74. The first-order chi connectivity index (χ1) is 13.2. The molecule has 1 aliphatic rings. The molecule has 0 atom stereocenters. The van der Waals surface area contributed by atoms with E-state index in [9.17, 15) is 9.59 Å². The van der Waals surface area contributed by atoms with Crippen LogP contribution in [0.1, 0.15) is 24.8 Å². The van der Waals surface area contributed by atoms with Crippen molar-refractivity contribution in [3.8, 4) is 0 Å². The first-order valence-corrected chi connectivity index (χ1v) is 9.52. The van der Waals surface area contributed by atoms with Crippen molar-refractivity contribution in [3.05, 3.63) is 60.3 Å². The third kappa shape index (κ3) is 5.81. The number of aromatic nitrogens is 1. The van der Waals surface area contributed by atoms with E-state index in [4.69, 9.17) is 0 Å². The molecule has 1 aromatic carbocycles. The maximum Gasteiger partial charge on any atom is 0.274 e. The Bertz CT molecular complexity index is 728. The van der Waals surface area contributed by atoms with Crippen LogP contribution in [0.15, 0.2) is 54.7 Å². The summed E-state index contributed by atoms with van der Waals surface area (Å²) >= 11 is 0. The monoisotopic (exact) mass is 367 g/mol. The number of anilines is 1. The van der Waals surface area contributed by atoms with Crippen molar-refractivity contribution >= 4 is 17.6 Å². The molecule has 1 saturated heterocycles. The van der Waals surface area contributed by atoms with Gasteiger partial charge in [-0.15, -0.1) is 0 Å². The fraction of sp³-hybridized carbons (Fsp3) is 0.381. The number of nitrogens with one attached hydrogen (secondary N) is 2. The Morgan fingerprint density at radius 2 is 1.67 bits per heavy atom. The van der Waals surface area contributed by atoms with Gasteiger partial charge in [0.25, 0.3) is 5.82 Å². The number of aromatic amines is 1. The highest BCUT2D eigenvalue weighted by Gasteiger charge is 2.25. The average molecular weight is 367 g/mol. The van der Waals surface area contributed by atoms with Gasteiger partial charge in [-0.05, 0) is 18.1 Å². The second kappa shape index (κ2) is 9.71. The van der Waals surface area contributed by atoms with E-state index in [1.165, 1.54) is 0 Å². The third-order valence-corrected chi connectivity index (χ3v) is 4.79. The molecule has 6 heteroatoms. The summed E-state index contributed by atoms with van der Waals surface area (Å²) in [5, 5.41) is 2.90. The van der Waals surface area contributed by atoms with Gasteiger partial charge in [0.15, 0.2) is 0 Å². The van der Waals surface area contributed by atoms with Gasteiger partial charge in [-0.2, -0.15) is 0 Å². The van der Waals surface area contributed by atoms with E-state index in [0.717, 1.165) is 37.6 Å². The van der Waals surface area contributed by atoms with Crippen LogP contribution in [-0.4, -0.2) is 42.9 Å². The Kier molecular flexibility index (Phi) is 6.79.